The molecule has 0 amide bonds. The number of halogens is 1. The summed E-state index contributed by atoms with van der Waals surface area (Å²) in [5, 5.41) is 8.97. The van der Waals surface area contributed by atoms with Crippen LogP contribution < -0.4 is 4.31 Å². The molecule has 110 valence electrons. The molecule has 0 fully saturated rings. The minimum Gasteiger partial charge on any atom is -0.478 e. The van der Waals surface area contributed by atoms with E-state index in [0.29, 0.717) is 5.69 Å². The van der Waals surface area contributed by atoms with Gasteiger partial charge in [0, 0.05) is 7.05 Å². The van der Waals surface area contributed by atoms with Crippen molar-refractivity contribution in [3.05, 3.63) is 59.1 Å². The molecule has 7 heteroatoms. The van der Waals surface area contributed by atoms with Gasteiger partial charge < -0.3 is 5.11 Å². The van der Waals surface area contributed by atoms with E-state index in [4.69, 9.17) is 16.7 Å². The van der Waals surface area contributed by atoms with Gasteiger partial charge in [-0.2, -0.15) is 0 Å². The van der Waals surface area contributed by atoms with Crippen molar-refractivity contribution in [2.45, 2.75) is 4.90 Å². The molecule has 1 N–H and O–H groups in total. The number of carboxylic acid groups (broad SMARTS) is 1. The maximum atomic E-state index is 12.5. The molecule has 21 heavy (non-hydrogen) atoms. The maximum Gasteiger partial charge on any atom is 0.335 e. The minimum absolute atomic E-state index is 0.00326. The fourth-order valence-corrected chi connectivity index (χ4v) is 3.44. The highest BCUT2D eigenvalue weighted by Gasteiger charge is 2.23. The van der Waals surface area contributed by atoms with Crippen molar-refractivity contribution >= 4 is 33.3 Å². The van der Waals surface area contributed by atoms with Crippen molar-refractivity contribution in [2.75, 3.05) is 11.4 Å². The summed E-state index contributed by atoms with van der Waals surface area (Å²) in [6.45, 7) is 0. The average molecular weight is 326 g/mol. The van der Waals surface area contributed by atoms with E-state index in [1.807, 2.05) is 0 Å². The second-order valence-corrected chi connectivity index (χ2v) is 6.60. The van der Waals surface area contributed by atoms with Crippen LogP contribution in [0.15, 0.2) is 53.4 Å². The van der Waals surface area contributed by atoms with E-state index in [1.54, 1.807) is 12.1 Å². The molecule has 0 atom stereocenters. The van der Waals surface area contributed by atoms with Gasteiger partial charge in [0.15, 0.2) is 0 Å². The summed E-state index contributed by atoms with van der Waals surface area (Å²) in [7, 11) is -2.42. The van der Waals surface area contributed by atoms with Crippen LogP contribution in [-0.4, -0.2) is 26.5 Å². The number of rotatable bonds is 4. The molecule has 2 rings (SSSR count). The number of carbonyl (C=O) groups is 1. The monoisotopic (exact) mass is 325 g/mol. The van der Waals surface area contributed by atoms with Crippen LogP contribution in [0.3, 0.4) is 0 Å². The summed E-state index contributed by atoms with van der Waals surface area (Å²) >= 11 is 5.92. The molecule has 2 aromatic rings. The molecule has 0 heterocycles. The van der Waals surface area contributed by atoms with E-state index in [2.05, 4.69) is 0 Å². The van der Waals surface area contributed by atoms with Crippen LogP contribution in [0.1, 0.15) is 10.4 Å². The molecule has 0 aliphatic carbocycles. The second-order valence-electron chi connectivity index (χ2n) is 4.25. The Labute approximate surface area is 127 Å². The van der Waals surface area contributed by atoms with Gasteiger partial charge in [0.2, 0.25) is 0 Å². The highest BCUT2D eigenvalue weighted by atomic mass is 35.5. The lowest BCUT2D eigenvalue weighted by Gasteiger charge is -2.20. The molecular formula is C14H12ClNO4S. The molecule has 0 spiro atoms. The second kappa shape index (κ2) is 5.75. The number of carboxylic acids is 1. The van der Waals surface area contributed by atoms with E-state index in [0.717, 1.165) is 4.31 Å². The molecule has 2 aromatic carbocycles. The van der Waals surface area contributed by atoms with Gasteiger partial charge in [-0.25, -0.2) is 13.2 Å². The Hall–Kier alpha value is -2.05. The lowest BCUT2D eigenvalue weighted by molar-refractivity contribution is 0.0697. The van der Waals surface area contributed by atoms with Gasteiger partial charge in [-0.05, 0) is 36.4 Å². The summed E-state index contributed by atoms with van der Waals surface area (Å²) in [6.07, 6.45) is 0. The van der Waals surface area contributed by atoms with Crippen LogP contribution in [0.2, 0.25) is 5.02 Å². The summed E-state index contributed by atoms with van der Waals surface area (Å²) < 4.78 is 26.1. The van der Waals surface area contributed by atoms with E-state index >= 15 is 0 Å². The zero-order chi connectivity index (χ0) is 15.6. The molecule has 0 unspecified atom stereocenters. The number of aromatic carboxylic acids is 1. The topological polar surface area (TPSA) is 74.7 Å². The van der Waals surface area contributed by atoms with Crippen molar-refractivity contribution in [3.63, 3.8) is 0 Å². The Bertz CT molecular complexity index is 772. The molecule has 0 aliphatic rings. The van der Waals surface area contributed by atoms with Gasteiger partial charge in [0.25, 0.3) is 10.0 Å². The van der Waals surface area contributed by atoms with Crippen LogP contribution >= 0.6 is 11.6 Å². The van der Waals surface area contributed by atoms with Crippen molar-refractivity contribution in [3.8, 4) is 0 Å². The normalized spacial score (nSPS) is 11.1. The highest BCUT2D eigenvalue weighted by molar-refractivity contribution is 7.93. The third-order valence-corrected chi connectivity index (χ3v) is 5.24. The third-order valence-electron chi connectivity index (χ3n) is 2.95. The van der Waals surface area contributed by atoms with Gasteiger partial charge in [-0.15, -0.1) is 0 Å². The quantitative estimate of drug-likeness (QED) is 0.938. The summed E-state index contributed by atoms with van der Waals surface area (Å²) in [6, 6.07) is 11.7. The van der Waals surface area contributed by atoms with Crippen LogP contribution in [0.25, 0.3) is 0 Å². The Kier molecular flexibility index (Phi) is 4.20. The van der Waals surface area contributed by atoms with Gasteiger partial charge in [-0.1, -0.05) is 23.7 Å². The predicted octanol–water partition coefficient (Wildman–Crippen LogP) is 2.86. The first-order chi connectivity index (χ1) is 9.84. The summed E-state index contributed by atoms with van der Waals surface area (Å²) in [4.78, 5) is 10.8. The van der Waals surface area contributed by atoms with Gasteiger partial charge in [0.05, 0.1) is 16.3 Å². The fourth-order valence-electron chi connectivity index (χ4n) is 1.75. The van der Waals surface area contributed by atoms with E-state index < -0.39 is 16.0 Å². The number of benzene rings is 2. The fraction of sp³-hybridized carbons (Fsp3) is 0.0714. The van der Waals surface area contributed by atoms with Crippen LogP contribution in [0.4, 0.5) is 5.69 Å². The van der Waals surface area contributed by atoms with E-state index in [1.165, 1.54) is 43.4 Å². The lowest BCUT2D eigenvalue weighted by atomic mass is 10.2. The smallest absolute Gasteiger partial charge is 0.335 e. The Morgan fingerprint density at radius 1 is 1.10 bits per heavy atom. The first kappa shape index (κ1) is 15.3. The van der Waals surface area contributed by atoms with Crippen LogP contribution in [-0.2, 0) is 10.0 Å². The average Bonchev–Trinajstić information content (AvgIpc) is 2.46. The number of nitrogens with zero attached hydrogens (tertiary/aromatic N) is 1. The standard InChI is InChI=1S/C14H12ClNO4S/c1-16(11-8-6-10(7-9-11)14(17)18)21(19,20)13-5-3-2-4-12(13)15/h2-9H,1H3,(H,17,18). The zero-order valence-electron chi connectivity index (χ0n) is 11.0. The largest absolute Gasteiger partial charge is 0.478 e. The number of sulfonamides is 1. The van der Waals surface area contributed by atoms with E-state index in [9.17, 15) is 13.2 Å². The van der Waals surface area contributed by atoms with Crippen molar-refractivity contribution < 1.29 is 18.3 Å². The molecule has 5 nitrogen and oxygen atoms in total. The molecule has 0 saturated carbocycles. The first-order valence-corrected chi connectivity index (χ1v) is 7.72. The van der Waals surface area contributed by atoms with Crippen molar-refractivity contribution in [2.24, 2.45) is 0 Å². The summed E-state index contributed by atoms with van der Waals surface area (Å²) in [5.74, 6) is -1.07. The van der Waals surface area contributed by atoms with E-state index in [-0.39, 0.29) is 15.5 Å². The van der Waals surface area contributed by atoms with Crippen molar-refractivity contribution in [1.29, 1.82) is 0 Å². The predicted molar refractivity (Wildman–Crippen MR) is 80.4 cm³/mol. The molecular weight excluding hydrogens is 314 g/mol. The Morgan fingerprint density at radius 3 is 2.19 bits per heavy atom. The SMILES string of the molecule is CN(c1ccc(C(=O)O)cc1)S(=O)(=O)c1ccccc1Cl. The Morgan fingerprint density at radius 2 is 1.67 bits per heavy atom. The Balaban J connectivity index is 2.41. The number of hydrogen-bond acceptors (Lipinski definition) is 3. The molecule has 0 aromatic heterocycles. The zero-order valence-corrected chi connectivity index (χ0v) is 12.6. The highest BCUT2D eigenvalue weighted by Crippen LogP contribution is 2.27. The first-order valence-electron chi connectivity index (χ1n) is 5.91. The van der Waals surface area contributed by atoms with Gasteiger partial charge in [0.1, 0.15) is 4.90 Å². The molecule has 0 aliphatic heterocycles. The van der Waals surface area contributed by atoms with Gasteiger partial charge >= 0.3 is 5.97 Å². The third kappa shape index (κ3) is 3.01. The number of hydrogen-bond donors (Lipinski definition) is 1. The molecule has 0 bridgehead atoms. The van der Waals surface area contributed by atoms with Crippen LogP contribution in [0.5, 0.6) is 0 Å². The summed E-state index contributed by atoms with van der Waals surface area (Å²) in [5.41, 5.74) is 0.433. The molecule has 0 saturated heterocycles. The number of anilines is 1. The van der Waals surface area contributed by atoms with Crippen molar-refractivity contribution in [1.82, 2.24) is 0 Å². The maximum absolute atomic E-state index is 12.5. The van der Waals surface area contributed by atoms with Gasteiger partial charge in [-0.3, -0.25) is 4.31 Å². The molecule has 0 radical (unpaired) electrons. The lowest BCUT2D eigenvalue weighted by Crippen LogP contribution is -2.26. The minimum atomic E-state index is -3.80. The van der Waals surface area contributed by atoms with Crippen LogP contribution in [0, 0.1) is 0 Å².